The van der Waals surface area contributed by atoms with Gasteiger partial charge in [0.2, 0.25) is 0 Å². The molecule has 0 aromatic rings. The molecule has 54 valence electrons. The van der Waals surface area contributed by atoms with E-state index < -0.39 is 0 Å². The van der Waals surface area contributed by atoms with Crippen molar-refractivity contribution in [1.82, 2.24) is 0 Å². The predicted octanol–water partition coefficient (Wildman–Crippen LogP) is 2.56. The zero-order valence-corrected chi connectivity index (χ0v) is 6.81. The first-order chi connectivity index (χ1) is 4.51. The summed E-state index contributed by atoms with van der Waals surface area (Å²) in [4.78, 5) is 4.22. The largest absolute Gasteiger partial charge is 0.260 e. The van der Waals surface area contributed by atoms with E-state index in [0.717, 1.165) is 11.3 Å². The molecule has 0 spiro atoms. The fraction of sp³-hybridized carbons (Fsp3) is 0.444. The first kappa shape index (κ1) is 7.26. The molecule has 0 bridgehead atoms. The van der Waals surface area contributed by atoms with E-state index in [1.807, 2.05) is 13.1 Å². The highest BCUT2D eigenvalue weighted by Gasteiger charge is 2.17. The molecule has 0 radical (unpaired) electrons. The number of hydrogen-bond donors (Lipinski definition) is 0. The van der Waals surface area contributed by atoms with Gasteiger partial charge in [-0.3, -0.25) is 4.99 Å². The number of rotatable bonds is 1. The Morgan fingerprint density at radius 1 is 1.60 bits per heavy atom. The Labute approximate surface area is 62.2 Å². The molecule has 1 nitrogen and oxygen atoms in total. The molecule has 0 unspecified atom stereocenters. The summed E-state index contributed by atoms with van der Waals surface area (Å²) in [5.74, 6) is 0. The third kappa shape index (κ3) is 1.35. The van der Waals surface area contributed by atoms with Crippen LogP contribution in [-0.2, 0) is 0 Å². The fourth-order valence-corrected chi connectivity index (χ4v) is 0.896. The van der Waals surface area contributed by atoms with Crippen LogP contribution < -0.4 is 0 Å². The number of nitrogens with zero attached hydrogens (tertiary/aromatic N) is 1. The summed E-state index contributed by atoms with van der Waals surface area (Å²) < 4.78 is 0. The van der Waals surface area contributed by atoms with Crippen molar-refractivity contribution in [1.29, 1.82) is 0 Å². The average Bonchev–Trinajstić information content (AvgIpc) is 2.10. The summed E-state index contributed by atoms with van der Waals surface area (Å²) in [6, 6.07) is 0. The van der Waals surface area contributed by atoms with Gasteiger partial charge in [-0.2, -0.15) is 0 Å². The molecule has 0 fully saturated rings. The van der Waals surface area contributed by atoms with Crippen LogP contribution in [0.5, 0.6) is 0 Å². The normalized spacial score (nSPS) is 20.9. The second-order valence-corrected chi connectivity index (χ2v) is 3.39. The first-order valence-corrected chi connectivity index (χ1v) is 3.45. The molecule has 10 heavy (non-hydrogen) atoms. The standard InChI is InChI=1S/C9H13N/c1-7(2)8-5-9(3,4)6-10-8/h5-6H,1H2,2-4H3. The van der Waals surface area contributed by atoms with Gasteiger partial charge in [-0.15, -0.1) is 0 Å². The van der Waals surface area contributed by atoms with Crippen LogP contribution in [-0.4, -0.2) is 6.21 Å². The molecule has 1 aliphatic rings. The molecule has 0 amide bonds. The molecule has 1 rings (SSSR count). The van der Waals surface area contributed by atoms with Crippen LogP contribution in [0.2, 0.25) is 0 Å². The van der Waals surface area contributed by atoms with Crippen LogP contribution in [0.1, 0.15) is 20.8 Å². The van der Waals surface area contributed by atoms with Crippen molar-refractivity contribution >= 4 is 6.21 Å². The molecule has 0 saturated heterocycles. The maximum atomic E-state index is 4.22. The molecule has 0 saturated carbocycles. The van der Waals surface area contributed by atoms with E-state index in [2.05, 4.69) is 31.5 Å². The monoisotopic (exact) mass is 135 g/mol. The minimum absolute atomic E-state index is 0.133. The van der Waals surface area contributed by atoms with Crippen LogP contribution in [0.4, 0.5) is 0 Å². The molecule has 0 aliphatic carbocycles. The highest BCUT2D eigenvalue weighted by atomic mass is 14.8. The van der Waals surface area contributed by atoms with Crippen molar-refractivity contribution in [3.8, 4) is 0 Å². The Bertz CT molecular complexity index is 219. The fourth-order valence-electron chi connectivity index (χ4n) is 0.896. The Morgan fingerprint density at radius 2 is 2.20 bits per heavy atom. The van der Waals surface area contributed by atoms with Crippen molar-refractivity contribution in [3.05, 3.63) is 23.9 Å². The minimum atomic E-state index is 0.133. The lowest BCUT2D eigenvalue weighted by Gasteiger charge is -2.06. The maximum absolute atomic E-state index is 4.22. The molecular formula is C9H13N. The van der Waals surface area contributed by atoms with Gasteiger partial charge in [0.15, 0.2) is 0 Å². The molecule has 0 N–H and O–H groups in total. The van der Waals surface area contributed by atoms with Crippen LogP contribution in [0.3, 0.4) is 0 Å². The van der Waals surface area contributed by atoms with Gasteiger partial charge in [0.05, 0.1) is 5.70 Å². The maximum Gasteiger partial charge on any atom is 0.0618 e. The molecule has 0 aromatic carbocycles. The Balaban J connectivity index is 2.88. The van der Waals surface area contributed by atoms with Gasteiger partial charge in [0.1, 0.15) is 0 Å². The minimum Gasteiger partial charge on any atom is -0.260 e. The third-order valence-corrected chi connectivity index (χ3v) is 1.48. The number of allylic oxidation sites excluding steroid dienone is 2. The average molecular weight is 135 g/mol. The van der Waals surface area contributed by atoms with E-state index in [-0.39, 0.29) is 5.41 Å². The van der Waals surface area contributed by atoms with E-state index in [0.29, 0.717) is 0 Å². The van der Waals surface area contributed by atoms with E-state index in [1.165, 1.54) is 0 Å². The molecular weight excluding hydrogens is 122 g/mol. The van der Waals surface area contributed by atoms with Gasteiger partial charge >= 0.3 is 0 Å². The van der Waals surface area contributed by atoms with Crippen molar-refractivity contribution in [2.75, 3.05) is 0 Å². The molecule has 1 heterocycles. The number of hydrogen-bond acceptors (Lipinski definition) is 1. The SMILES string of the molecule is C=C(C)C1=CC(C)(C)C=N1. The van der Waals surface area contributed by atoms with Gasteiger partial charge in [-0.25, -0.2) is 0 Å². The molecule has 1 aliphatic heterocycles. The third-order valence-electron chi connectivity index (χ3n) is 1.48. The summed E-state index contributed by atoms with van der Waals surface area (Å²) in [7, 11) is 0. The molecule has 0 aromatic heterocycles. The van der Waals surface area contributed by atoms with E-state index in [1.54, 1.807) is 0 Å². The van der Waals surface area contributed by atoms with Crippen LogP contribution in [0, 0.1) is 5.41 Å². The summed E-state index contributed by atoms with van der Waals surface area (Å²) in [5.41, 5.74) is 2.21. The zero-order chi connectivity index (χ0) is 7.78. The topological polar surface area (TPSA) is 12.4 Å². The summed E-state index contributed by atoms with van der Waals surface area (Å²) in [6.07, 6.45) is 4.09. The van der Waals surface area contributed by atoms with E-state index in [4.69, 9.17) is 0 Å². The van der Waals surface area contributed by atoms with Crippen molar-refractivity contribution in [2.24, 2.45) is 10.4 Å². The highest BCUT2D eigenvalue weighted by molar-refractivity contribution is 5.73. The second-order valence-electron chi connectivity index (χ2n) is 3.39. The van der Waals surface area contributed by atoms with Crippen LogP contribution >= 0.6 is 0 Å². The van der Waals surface area contributed by atoms with E-state index >= 15 is 0 Å². The Hall–Kier alpha value is -0.850. The van der Waals surface area contributed by atoms with Gasteiger partial charge in [-0.05, 0) is 18.6 Å². The van der Waals surface area contributed by atoms with Gasteiger partial charge in [0, 0.05) is 11.6 Å². The molecule has 1 heteroatoms. The quantitative estimate of drug-likeness (QED) is 0.524. The van der Waals surface area contributed by atoms with Gasteiger partial charge in [0.25, 0.3) is 0 Å². The van der Waals surface area contributed by atoms with Crippen molar-refractivity contribution in [3.63, 3.8) is 0 Å². The van der Waals surface area contributed by atoms with Crippen molar-refractivity contribution in [2.45, 2.75) is 20.8 Å². The first-order valence-electron chi connectivity index (χ1n) is 3.45. The highest BCUT2D eigenvalue weighted by Crippen LogP contribution is 2.26. The lowest BCUT2D eigenvalue weighted by Crippen LogP contribution is -2.04. The summed E-state index contributed by atoms with van der Waals surface area (Å²) in [6.45, 7) is 10.1. The second kappa shape index (κ2) is 2.08. The Kier molecular flexibility index (Phi) is 1.51. The number of aliphatic imine (C=N–C) groups is 1. The van der Waals surface area contributed by atoms with Crippen LogP contribution in [0.15, 0.2) is 28.9 Å². The smallest absolute Gasteiger partial charge is 0.0618 e. The Morgan fingerprint density at radius 3 is 2.40 bits per heavy atom. The van der Waals surface area contributed by atoms with Crippen LogP contribution in [0.25, 0.3) is 0 Å². The van der Waals surface area contributed by atoms with Gasteiger partial charge < -0.3 is 0 Å². The zero-order valence-electron chi connectivity index (χ0n) is 6.81. The summed E-state index contributed by atoms with van der Waals surface area (Å²) in [5, 5.41) is 0. The van der Waals surface area contributed by atoms with Crippen molar-refractivity contribution < 1.29 is 0 Å². The lowest BCUT2D eigenvalue weighted by atomic mass is 9.96. The van der Waals surface area contributed by atoms with Gasteiger partial charge in [-0.1, -0.05) is 20.4 Å². The molecule has 0 atom stereocenters. The summed E-state index contributed by atoms with van der Waals surface area (Å²) >= 11 is 0. The lowest BCUT2D eigenvalue weighted by molar-refractivity contribution is 0.704. The van der Waals surface area contributed by atoms with E-state index in [9.17, 15) is 0 Å². The predicted molar refractivity (Wildman–Crippen MR) is 45.2 cm³/mol.